The molecule has 2 heterocycles. The first-order valence-corrected chi connectivity index (χ1v) is 4.82. The molecular formula is C9H11N5O2. The van der Waals surface area contributed by atoms with E-state index in [-0.39, 0.29) is 5.69 Å². The number of rotatable bonds is 3. The fourth-order valence-electron chi connectivity index (χ4n) is 1.35. The molecule has 2 aromatic rings. The van der Waals surface area contributed by atoms with E-state index >= 15 is 0 Å². The molecule has 0 aliphatic carbocycles. The summed E-state index contributed by atoms with van der Waals surface area (Å²) >= 11 is 0. The second-order valence-electron chi connectivity index (χ2n) is 3.15. The predicted octanol–water partition coefficient (Wildman–Crippen LogP) is 0.680. The molecule has 16 heavy (non-hydrogen) atoms. The summed E-state index contributed by atoms with van der Waals surface area (Å²) in [5.41, 5.74) is 2.17. The number of aromatic amines is 2. The van der Waals surface area contributed by atoms with Crippen LogP contribution in [0.3, 0.4) is 0 Å². The molecule has 0 radical (unpaired) electrons. The number of carbonyl (C=O) groups is 1. The molecule has 0 aliphatic heterocycles. The summed E-state index contributed by atoms with van der Waals surface area (Å²) in [6, 6.07) is 0. The fraction of sp³-hybridized carbons (Fsp3) is 0.333. The van der Waals surface area contributed by atoms with Crippen molar-refractivity contribution in [2.24, 2.45) is 0 Å². The van der Waals surface area contributed by atoms with Crippen LogP contribution in [0.25, 0.3) is 11.3 Å². The SMILES string of the molecule is CCOC(=O)c1n[nH]nc1-c1cn[nH]c1C. The molecule has 0 fully saturated rings. The topological polar surface area (TPSA) is 96.6 Å². The highest BCUT2D eigenvalue weighted by molar-refractivity contribution is 5.94. The lowest BCUT2D eigenvalue weighted by Gasteiger charge is -1.99. The number of hydrogen-bond donors (Lipinski definition) is 2. The molecule has 2 N–H and O–H groups in total. The van der Waals surface area contributed by atoms with E-state index < -0.39 is 5.97 Å². The molecule has 0 saturated carbocycles. The van der Waals surface area contributed by atoms with E-state index in [4.69, 9.17) is 4.74 Å². The highest BCUT2D eigenvalue weighted by Crippen LogP contribution is 2.21. The molecule has 0 bridgehead atoms. The molecule has 0 aliphatic rings. The number of aryl methyl sites for hydroxylation is 1. The standard InChI is InChI=1S/C9H11N5O2/c1-3-16-9(15)8-7(12-14-13-8)6-4-10-11-5(6)2/h4H,3H2,1-2H3,(H,10,11)(H,12,13,14). The molecule has 84 valence electrons. The number of nitrogens with zero attached hydrogens (tertiary/aromatic N) is 3. The maximum absolute atomic E-state index is 11.6. The Bertz CT molecular complexity index is 501. The van der Waals surface area contributed by atoms with Crippen molar-refractivity contribution in [3.8, 4) is 11.3 Å². The summed E-state index contributed by atoms with van der Waals surface area (Å²) in [5.74, 6) is -0.494. The summed E-state index contributed by atoms with van der Waals surface area (Å²) in [5, 5.41) is 16.8. The van der Waals surface area contributed by atoms with E-state index in [0.29, 0.717) is 12.3 Å². The van der Waals surface area contributed by atoms with E-state index in [1.54, 1.807) is 13.1 Å². The van der Waals surface area contributed by atoms with Crippen LogP contribution in [-0.4, -0.2) is 38.2 Å². The van der Waals surface area contributed by atoms with Gasteiger partial charge in [-0.2, -0.15) is 15.4 Å². The number of carbonyl (C=O) groups excluding carboxylic acids is 1. The van der Waals surface area contributed by atoms with Crippen LogP contribution in [0.5, 0.6) is 0 Å². The number of esters is 1. The van der Waals surface area contributed by atoms with Crippen molar-refractivity contribution in [1.82, 2.24) is 25.6 Å². The van der Waals surface area contributed by atoms with Gasteiger partial charge in [0.25, 0.3) is 0 Å². The van der Waals surface area contributed by atoms with E-state index in [1.807, 2.05) is 6.92 Å². The van der Waals surface area contributed by atoms with Crippen LogP contribution in [0.15, 0.2) is 6.20 Å². The number of hydrogen-bond acceptors (Lipinski definition) is 5. The van der Waals surface area contributed by atoms with Crippen LogP contribution >= 0.6 is 0 Å². The molecule has 0 saturated heterocycles. The molecule has 0 unspecified atom stereocenters. The Labute approximate surface area is 91.2 Å². The van der Waals surface area contributed by atoms with Crippen molar-refractivity contribution >= 4 is 5.97 Å². The average molecular weight is 221 g/mol. The number of nitrogens with one attached hydrogen (secondary N) is 2. The van der Waals surface area contributed by atoms with Crippen molar-refractivity contribution in [2.45, 2.75) is 13.8 Å². The molecule has 7 heteroatoms. The van der Waals surface area contributed by atoms with Gasteiger partial charge in [-0.25, -0.2) is 4.79 Å². The zero-order valence-corrected chi connectivity index (χ0v) is 8.94. The highest BCUT2D eigenvalue weighted by Gasteiger charge is 2.20. The Morgan fingerprint density at radius 3 is 2.94 bits per heavy atom. The Balaban J connectivity index is 2.40. The normalized spacial score (nSPS) is 10.4. The minimum absolute atomic E-state index is 0.173. The molecule has 7 nitrogen and oxygen atoms in total. The van der Waals surface area contributed by atoms with Crippen LogP contribution in [0.4, 0.5) is 0 Å². The van der Waals surface area contributed by atoms with Gasteiger partial charge in [0.1, 0.15) is 5.69 Å². The van der Waals surface area contributed by atoms with Gasteiger partial charge in [0.15, 0.2) is 5.69 Å². The van der Waals surface area contributed by atoms with Gasteiger partial charge < -0.3 is 4.74 Å². The monoisotopic (exact) mass is 221 g/mol. The zero-order chi connectivity index (χ0) is 11.5. The van der Waals surface area contributed by atoms with Crippen molar-refractivity contribution in [3.63, 3.8) is 0 Å². The van der Waals surface area contributed by atoms with E-state index in [9.17, 15) is 4.79 Å². The van der Waals surface area contributed by atoms with E-state index in [2.05, 4.69) is 25.6 Å². The van der Waals surface area contributed by atoms with Gasteiger partial charge in [-0.1, -0.05) is 0 Å². The quantitative estimate of drug-likeness (QED) is 0.743. The van der Waals surface area contributed by atoms with Crippen LogP contribution in [0.2, 0.25) is 0 Å². The first kappa shape index (κ1) is 10.3. The summed E-state index contributed by atoms with van der Waals surface area (Å²) < 4.78 is 4.87. The summed E-state index contributed by atoms with van der Waals surface area (Å²) in [6.45, 7) is 3.88. The lowest BCUT2D eigenvalue weighted by molar-refractivity contribution is 0.0520. The average Bonchev–Trinajstić information content (AvgIpc) is 2.85. The minimum Gasteiger partial charge on any atom is -0.461 e. The maximum Gasteiger partial charge on any atom is 0.361 e. The van der Waals surface area contributed by atoms with Gasteiger partial charge in [0.2, 0.25) is 0 Å². The fourth-order valence-corrected chi connectivity index (χ4v) is 1.35. The molecule has 2 aromatic heterocycles. The Morgan fingerprint density at radius 1 is 1.50 bits per heavy atom. The van der Waals surface area contributed by atoms with Crippen molar-refractivity contribution in [2.75, 3.05) is 6.61 Å². The van der Waals surface area contributed by atoms with Gasteiger partial charge in [-0.05, 0) is 13.8 Å². The van der Waals surface area contributed by atoms with Crippen molar-refractivity contribution in [3.05, 3.63) is 17.6 Å². The van der Waals surface area contributed by atoms with Crippen LogP contribution in [0, 0.1) is 6.92 Å². The van der Waals surface area contributed by atoms with Crippen molar-refractivity contribution < 1.29 is 9.53 Å². The Hall–Kier alpha value is -2.18. The summed E-state index contributed by atoms with van der Waals surface area (Å²) in [7, 11) is 0. The molecule has 0 aromatic carbocycles. The predicted molar refractivity (Wildman–Crippen MR) is 54.7 cm³/mol. The van der Waals surface area contributed by atoms with Gasteiger partial charge in [0, 0.05) is 11.3 Å². The first-order valence-electron chi connectivity index (χ1n) is 4.82. The van der Waals surface area contributed by atoms with E-state index in [0.717, 1.165) is 11.3 Å². The van der Waals surface area contributed by atoms with Gasteiger partial charge in [-0.3, -0.25) is 5.10 Å². The number of H-pyrrole nitrogens is 2. The van der Waals surface area contributed by atoms with Crippen molar-refractivity contribution in [1.29, 1.82) is 0 Å². The van der Waals surface area contributed by atoms with Crippen LogP contribution in [0.1, 0.15) is 23.1 Å². The first-order chi connectivity index (χ1) is 7.74. The molecular weight excluding hydrogens is 210 g/mol. The Kier molecular flexibility index (Phi) is 2.67. The van der Waals surface area contributed by atoms with Gasteiger partial charge >= 0.3 is 5.97 Å². The van der Waals surface area contributed by atoms with E-state index in [1.165, 1.54) is 0 Å². The summed E-state index contributed by atoms with van der Waals surface area (Å²) in [4.78, 5) is 11.6. The molecule has 0 atom stereocenters. The third-order valence-electron chi connectivity index (χ3n) is 2.10. The van der Waals surface area contributed by atoms with Crippen LogP contribution in [-0.2, 0) is 4.74 Å². The highest BCUT2D eigenvalue weighted by atomic mass is 16.5. The van der Waals surface area contributed by atoms with Gasteiger partial charge in [0.05, 0.1) is 12.8 Å². The summed E-state index contributed by atoms with van der Waals surface area (Å²) in [6.07, 6.45) is 1.59. The lowest BCUT2D eigenvalue weighted by Crippen LogP contribution is -2.06. The Morgan fingerprint density at radius 2 is 2.31 bits per heavy atom. The van der Waals surface area contributed by atoms with Crippen LogP contribution < -0.4 is 0 Å². The largest absolute Gasteiger partial charge is 0.461 e. The zero-order valence-electron chi connectivity index (χ0n) is 8.94. The minimum atomic E-state index is -0.494. The smallest absolute Gasteiger partial charge is 0.361 e. The molecule has 0 amide bonds. The second-order valence-corrected chi connectivity index (χ2v) is 3.15. The lowest BCUT2D eigenvalue weighted by atomic mass is 10.1. The molecule has 0 spiro atoms. The third-order valence-corrected chi connectivity index (χ3v) is 2.10. The number of ether oxygens (including phenoxy) is 1. The number of aromatic nitrogens is 5. The maximum atomic E-state index is 11.6. The second kappa shape index (κ2) is 4.13. The van der Waals surface area contributed by atoms with Gasteiger partial charge in [-0.15, -0.1) is 5.10 Å². The third kappa shape index (κ3) is 1.67. The molecule has 2 rings (SSSR count).